The molecule has 1 heteroatoms. The van der Waals surface area contributed by atoms with E-state index in [0.29, 0.717) is 5.92 Å². The number of hydrogen-bond donors (Lipinski definition) is 0. The van der Waals surface area contributed by atoms with E-state index >= 15 is 0 Å². The Kier molecular flexibility index (Phi) is 6.39. The Morgan fingerprint density at radius 1 is 0.587 bits per heavy atom. The molecule has 0 aliphatic heterocycles. The molecule has 228 valence electrons. The van der Waals surface area contributed by atoms with E-state index in [-0.39, 0.29) is 22.2 Å². The Balaban J connectivity index is 1.48. The Labute approximate surface area is 274 Å². The molecule has 0 amide bonds. The van der Waals surface area contributed by atoms with Crippen molar-refractivity contribution in [3.05, 3.63) is 173 Å². The summed E-state index contributed by atoms with van der Waals surface area (Å²) in [6.45, 7) is 14.1. The number of anilines is 3. The van der Waals surface area contributed by atoms with Crippen LogP contribution in [-0.4, -0.2) is 0 Å². The average Bonchev–Trinajstić information content (AvgIpc) is 3.52. The molecule has 0 N–H and O–H groups in total. The third-order valence-corrected chi connectivity index (χ3v) is 10.7. The molecule has 0 heterocycles. The highest BCUT2D eigenvalue weighted by Crippen LogP contribution is 2.67. The van der Waals surface area contributed by atoms with Gasteiger partial charge in [0.2, 0.25) is 0 Å². The fraction of sp³-hybridized carbons (Fsp3) is 0.244. The van der Waals surface area contributed by atoms with Gasteiger partial charge in [-0.2, -0.15) is 0 Å². The van der Waals surface area contributed by atoms with Crippen LogP contribution in [0, 0.1) is 11.3 Å². The Morgan fingerprint density at radius 3 is 1.87 bits per heavy atom. The first kappa shape index (κ1) is 28.8. The molecule has 5 aromatic rings. The minimum Gasteiger partial charge on any atom is -0.310 e. The number of hydrogen-bond acceptors (Lipinski definition) is 1. The molecule has 8 rings (SSSR count). The summed E-state index contributed by atoms with van der Waals surface area (Å²) >= 11 is 0. The van der Waals surface area contributed by atoms with Crippen LogP contribution < -0.4 is 4.90 Å². The molecule has 3 aliphatic carbocycles. The van der Waals surface area contributed by atoms with E-state index in [4.69, 9.17) is 0 Å². The lowest BCUT2D eigenvalue weighted by Gasteiger charge is -2.39. The van der Waals surface area contributed by atoms with Gasteiger partial charge in [0.05, 0.1) is 11.1 Å². The fourth-order valence-electron chi connectivity index (χ4n) is 8.46. The van der Waals surface area contributed by atoms with Crippen LogP contribution in [0.2, 0.25) is 0 Å². The van der Waals surface area contributed by atoms with E-state index in [9.17, 15) is 0 Å². The molecule has 3 unspecified atom stereocenters. The quantitative estimate of drug-likeness (QED) is 0.200. The van der Waals surface area contributed by atoms with Gasteiger partial charge in [-0.05, 0) is 80.1 Å². The van der Waals surface area contributed by atoms with Gasteiger partial charge in [-0.25, -0.2) is 0 Å². The number of rotatable bonds is 3. The molecule has 46 heavy (non-hydrogen) atoms. The molecule has 1 spiro atoms. The highest BCUT2D eigenvalue weighted by molar-refractivity contribution is 5.97. The molecule has 0 fully saturated rings. The highest BCUT2D eigenvalue weighted by atomic mass is 15.1. The van der Waals surface area contributed by atoms with Gasteiger partial charge < -0.3 is 4.90 Å². The smallest absolute Gasteiger partial charge is 0.0543 e. The summed E-state index contributed by atoms with van der Waals surface area (Å²) in [5.74, 6) is 0.591. The lowest BCUT2D eigenvalue weighted by Crippen LogP contribution is -2.34. The van der Waals surface area contributed by atoms with Crippen LogP contribution in [0.4, 0.5) is 17.1 Å². The van der Waals surface area contributed by atoms with E-state index in [0.717, 1.165) is 11.4 Å². The van der Waals surface area contributed by atoms with E-state index in [2.05, 4.69) is 186 Å². The second-order valence-corrected chi connectivity index (χ2v) is 15.4. The highest BCUT2D eigenvalue weighted by Gasteiger charge is 2.58. The molecule has 0 aromatic heterocycles. The first-order valence-electron chi connectivity index (χ1n) is 16.8. The van der Waals surface area contributed by atoms with Crippen LogP contribution >= 0.6 is 0 Å². The van der Waals surface area contributed by atoms with Gasteiger partial charge in [0, 0.05) is 28.8 Å². The molecule has 0 radical (unpaired) electrons. The van der Waals surface area contributed by atoms with Crippen LogP contribution in [0.15, 0.2) is 145 Å². The average molecular weight is 598 g/mol. The molecule has 5 aromatic carbocycles. The van der Waals surface area contributed by atoms with Gasteiger partial charge in [0.15, 0.2) is 0 Å². The van der Waals surface area contributed by atoms with Crippen molar-refractivity contribution in [3.63, 3.8) is 0 Å². The molecule has 3 aliphatic rings. The molecule has 0 saturated heterocycles. The summed E-state index contributed by atoms with van der Waals surface area (Å²) < 4.78 is 0. The zero-order valence-corrected chi connectivity index (χ0v) is 27.9. The predicted octanol–water partition coefficient (Wildman–Crippen LogP) is 12.0. The third-order valence-electron chi connectivity index (χ3n) is 10.7. The number of nitrogens with zero attached hydrogens (tertiary/aromatic N) is 1. The number of benzene rings is 5. The summed E-state index contributed by atoms with van der Waals surface area (Å²) in [7, 11) is 0. The van der Waals surface area contributed by atoms with E-state index in [1.165, 1.54) is 50.2 Å². The molecule has 0 saturated carbocycles. The molecule has 0 bridgehead atoms. The van der Waals surface area contributed by atoms with Crippen LogP contribution in [0.25, 0.3) is 11.1 Å². The molecular weight excluding hydrogens is 555 g/mol. The van der Waals surface area contributed by atoms with E-state index in [1.807, 2.05) is 0 Å². The maximum atomic E-state index is 2.64. The standard InChI is InChI=1S/C45H43N/c1-43(2,3)30-24-26-34-35-27-25-31(44(4,5)6)29-40(35)45(39(34)28-30)37-21-14-13-20-36(37)42-38(45)22-15-23-41(42)46(32-16-9-7-10-17-32)33-18-11-8-12-19-33/h7-29,34,39H,1-6H3. The van der Waals surface area contributed by atoms with Crippen molar-refractivity contribution in [3.8, 4) is 11.1 Å². The number of allylic oxidation sites excluding steroid dienone is 4. The topological polar surface area (TPSA) is 3.24 Å². The summed E-state index contributed by atoms with van der Waals surface area (Å²) in [5.41, 5.74) is 14.7. The van der Waals surface area contributed by atoms with Gasteiger partial charge in [0.1, 0.15) is 0 Å². The Bertz CT molecular complexity index is 1980. The lowest BCUT2D eigenvalue weighted by atomic mass is 9.63. The van der Waals surface area contributed by atoms with Gasteiger partial charge in [0.25, 0.3) is 0 Å². The van der Waals surface area contributed by atoms with E-state index < -0.39 is 0 Å². The van der Waals surface area contributed by atoms with Crippen molar-refractivity contribution >= 4 is 17.1 Å². The zero-order valence-electron chi connectivity index (χ0n) is 27.9. The summed E-state index contributed by atoms with van der Waals surface area (Å²) in [5, 5.41) is 0. The summed E-state index contributed by atoms with van der Waals surface area (Å²) in [4.78, 5) is 2.45. The molecule has 1 nitrogen and oxygen atoms in total. The third kappa shape index (κ3) is 4.14. The van der Waals surface area contributed by atoms with Crippen molar-refractivity contribution in [2.75, 3.05) is 4.90 Å². The maximum Gasteiger partial charge on any atom is 0.0543 e. The number of para-hydroxylation sites is 2. The zero-order chi connectivity index (χ0) is 31.8. The van der Waals surface area contributed by atoms with Crippen LogP contribution in [0.3, 0.4) is 0 Å². The van der Waals surface area contributed by atoms with Crippen molar-refractivity contribution in [1.29, 1.82) is 0 Å². The minimum atomic E-state index is -0.302. The molecular formula is C45H43N. The van der Waals surface area contributed by atoms with Gasteiger partial charge in [-0.3, -0.25) is 0 Å². The van der Waals surface area contributed by atoms with Crippen molar-refractivity contribution in [2.24, 2.45) is 11.3 Å². The van der Waals surface area contributed by atoms with Crippen molar-refractivity contribution < 1.29 is 0 Å². The lowest BCUT2D eigenvalue weighted by molar-refractivity contribution is 0.439. The molecule has 3 atom stereocenters. The first-order chi connectivity index (χ1) is 22.1. The van der Waals surface area contributed by atoms with E-state index in [1.54, 1.807) is 0 Å². The maximum absolute atomic E-state index is 2.64. The van der Waals surface area contributed by atoms with Crippen LogP contribution in [0.1, 0.15) is 75.3 Å². The number of fused-ring (bicyclic) bond motifs is 10. The fourth-order valence-corrected chi connectivity index (χ4v) is 8.46. The second-order valence-electron chi connectivity index (χ2n) is 15.4. The largest absolute Gasteiger partial charge is 0.310 e. The monoisotopic (exact) mass is 597 g/mol. The van der Waals surface area contributed by atoms with Crippen molar-refractivity contribution in [1.82, 2.24) is 0 Å². The summed E-state index contributed by atoms with van der Waals surface area (Å²) in [6.07, 6.45) is 7.57. The van der Waals surface area contributed by atoms with Crippen molar-refractivity contribution in [2.45, 2.75) is 58.3 Å². The Morgan fingerprint density at radius 2 is 1.22 bits per heavy atom. The van der Waals surface area contributed by atoms with Gasteiger partial charge in [-0.1, -0.05) is 151 Å². The van der Waals surface area contributed by atoms with Crippen LogP contribution in [0.5, 0.6) is 0 Å². The van der Waals surface area contributed by atoms with Gasteiger partial charge >= 0.3 is 0 Å². The normalized spacial score (nSPS) is 21.0. The SMILES string of the molecule is CC(C)(C)C1=CC2C(C=C1)c1ccc(C(C)(C)C)cc1C21c2ccccc2-c2c(N(c3ccccc3)c3ccccc3)cccc21. The Hall–Kier alpha value is -4.62. The van der Waals surface area contributed by atoms with Gasteiger partial charge in [-0.15, -0.1) is 0 Å². The summed E-state index contributed by atoms with van der Waals surface area (Å²) in [6, 6.07) is 45.4. The first-order valence-corrected chi connectivity index (χ1v) is 16.8. The minimum absolute atomic E-state index is 0.0481. The predicted molar refractivity (Wildman–Crippen MR) is 194 cm³/mol. The second kappa shape index (κ2) is 10.2. The van der Waals surface area contributed by atoms with Crippen LogP contribution in [-0.2, 0) is 10.8 Å².